The van der Waals surface area contributed by atoms with E-state index in [0.717, 1.165) is 15.5 Å². The summed E-state index contributed by atoms with van der Waals surface area (Å²) in [7, 11) is 0. The summed E-state index contributed by atoms with van der Waals surface area (Å²) in [5, 5.41) is 0. The molecule has 92 valence electrons. The van der Waals surface area contributed by atoms with Gasteiger partial charge < -0.3 is 10.5 Å². The molecule has 2 nitrogen and oxygen atoms in total. The Bertz CT molecular complexity index is 560. The second kappa shape index (κ2) is 6.25. The van der Waals surface area contributed by atoms with Crippen molar-refractivity contribution in [2.24, 2.45) is 5.73 Å². The van der Waals surface area contributed by atoms with Crippen molar-refractivity contribution >= 4 is 11.3 Å². The van der Waals surface area contributed by atoms with Crippen LogP contribution in [0.3, 0.4) is 0 Å². The van der Waals surface area contributed by atoms with E-state index in [1.54, 1.807) is 11.3 Å². The first-order valence-corrected chi connectivity index (χ1v) is 6.56. The zero-order valence-corrected chi connectivity index (χ0v) is 11.1. The lowest BCUT2D eigenvalue weighted by molar-refractivity contribution is 0.310. The largest absolute Gasteiger partial charge is 0.488 e. The average molecular weight is 257 g/mol. The molecule has 1 aromatic heterocycles. The Labute approximate surface area is 111 Å². The highest BCUT2D eigenvalue weighted by Crippen LogP contribution is 2.19. The number of rotatable bonds is 3. The molecule has 0 fully saturated rings. The Kier molecular flexibility index (Phi) is 4.40. The minimum atomic E-state index is 0.396. The highest BCUT2D eigenvalue weighted by atomic mass is 32.1. The quantitative estimate of drug-likeness (QED) is 0.858. The molecule has 0 amide bonds. The van der Waals surface area contributed by atoms with Gasteiger partial charge in [-0.25, -0.2) is 0 Å². The van der Waals surface area contributed by atoms with Gasteiger partial charge in [0.05, 0.1) is 11.4 Å². The molecule has 18 heavy (non-hydrogen) atoms. The molecule has 0 radical (unpaired) electrons. The Morgan fingerprint density at radius 1 is 1.17 bits per heavy atom. The first-order chi connectivity index (χ1) is 8.78. The molecule has 1 aromatic carbocycles. The van der Waals surface area contributed by atoms with Gasteiger partial charge in [0.25, 0.3) is 0 Å². The third-order valence-corrected chi connectivity index (χ3v) is 3.35. The van der Waals surface area contributed by atoms with Crippen LogP contribution in [-0.4, -0.2) is 6.54 Å². The van der Waals surface area contributed by atoms with E-state index < -0.39 is 0 Å². The van der Waals surface area contributed by atoms with Crippen LogP contribution in [0.5, 0.6) is 5.75 Å². The minimum absolute atomic E-state index is 0.396. The van der Waals surface area contributed by atoms with Gasteiger partial charge in [0.15, 0.2) is 0 Å². The maximum absolute atomic E-state index is 5.70. The Balaban J connectivity index is 1.94. The number of hydrogen-bond acceptors (Lipinski definition) is 3. The third-order valence-electron chi connectivity index (χ3n) is 2.38. The molecule has 3 heteroatoms. The minimum Gasteiger partial charge on any atom is -0.488 e. The summed E-state index contributed by atoms with van der Waals surface area (Å²) < 4.78 is 5.70. The molecule has 0 aliphatic heterocycles. The van der Waals surface area contributed by atoms with Crippen molar-refractivity contribution < 1.29 is 4.74 Å². The molecule has 1 heterocycles. The molecular formula is C15H15NOS. The predicted octanol–water partition coefficient (Wildman–Crippen LogP) is 2.95. The van der Waals surface area contributed by atoms with E-state index >= 15 is 0 Å². The molecule has 2 rings (SSSR count). The number of ether oxygens (including phenoxy) is 1. The molecule has 2 N–H and O–H groups in total. The Morgan fingerprint density at radius 3 is 2.67 bits per heavy atom. The Hall–Kier alpha value is -1.76. The molecule has 0 aliphatic carbocycles. The summed E-state index contributed by atoms with van der Waals surface area (Å²) in [5.41, 5.74) is 6.57. The molecule has 0 atom stereocenters. The monoisotopic (exact) mass is 257 g/mol. The first-order valence-electron chi connectivity index (χ1n) is 5.75. The van der Waals surface area contributed by atoms with Gasteiger partial charge in [-0.1, -0.05) is 29.5 Å². The second-order valence-electron chi connectivity index (χ2n) is 3.87. The fraction of sp³-hybridized carbons (Fsp3) is 0.200. The number of aryl methyl sites for hydroxylation is 1. The fourth-order valence-electron chi connectivity index (χ4n) is 1.45. The number of benzene rings is 1. The van der Waals surface area contributed by atoms with Gasteiger partial charge in [0.2, 0.25) is 0 Å². The van der Waals surface area contributed by atoms with E-state index in [1.165, 1.54) is 5.56 Å². The fourth-order valence-corrected chi connectivity index (χ4v) is 2.25. The smallest absolute Gasteiger partial charge is 0.122 e. The summed E-state index contributed by atoms with van der Waals surface area (Å²) in [6.07, 6.45) is 0. The topological polar surface area (TPSA) is 35.2 Å². The zero-order valence-electron chi connectivity index (χ0n) is 10.3. The lowest BCUT2D eigenvalue weighted by atomic mass is 10.2. The van der Waals surface area contributed by atoms with E-state index in [-0.39, 0.29) is 0 Å². The molecule has 0 saturated carbocycles. The van der Waals surface area contributed by atoms with Crippen molar-refractivity contribution in [3.05, 3.63) is 51.7 Å². The summed E-state index contributed by atoms with van der Waals surface area (Å²) in [6, 6.07) is 12.1. The molecular weight excluding hydrogens is 242 g/mol. The number of hydrogen-bond donors (Lipinski definition) is 1. The summed E-state index contributed by atoms with van der Waals surface area (Å²) in [5.74, 6) is 6.76. The van der Waals surface area contributed by atoms with Crippen LogP contribution >= 0.6 is 11.3 Å². The summed E-state index contributed by atoms with van der Waals surface area (Å²) in [4.78, 5) is 2.19. The summed E-state index contributed by atoms with van der Waals surface area (Å²) >= 11 is 1.64. The van der Waals surface area contributed by atoms with Gasteiger partial charge in [-0.05, 0) is 31.2 Å². The van der Waals surface area contributed by atoms with Crippen LogP contribution in [-0.2, 0) is 6.61 Å². The van der Waals surface area contributed by atoms with Crippen molar-refractivity contribution in [3.8, 4) is 17.6 Å². The molecule has 0 saturated heterocycles. The maximum Gasteiger partial charge on any atom is 0.122 e. The highest BCUT2D eigenvalue weighted by molar-refractivity contribution is 7.12. The lowest BCUT2D eigenvalue weighted by Crippen LogP contribution is -1.92. The second-order valence-corrected chi connectivity index (χ2v) is 5.04. The average Bonchev–Trinajstić information content (AvgIpc) is 2.84. The number of thiophene rings is 1. The highest BCUT2D eigenvalue weighted by Gasteiger charge is 1.99. The van der Waals surface area contributed by atoms with Crippen LogP contribution in [0.25, 0.3) is 0 Å². The molecule has 0 spiro atoms. The van der Waals surface area contributed by atoms with E-state index in [4.69, 9.17) is 10.5 Å². The third kappa shape index (κ3) is 3.63. The SMILES string of the molecule is Cc1ccc(OCc2ccc(C#CCN)s2)cc1. The maximum atomic E-state index is 5.70. The van der Waals surface area contributed by atoms with Crippen LogP contribution in [0.1, 0.15) is 15.3 Å². The molecule has 0 unspecified atom stereocenters. The van der Waals surface area contributed by atoms with Crippen LogP contribution in [0, 0.1) is 18.8 Å². The van der Waals surface area contributed by atoms with Gasteiger partial charge in [0.1, 0.15) is 12.4 Å². The van der Waals surface area contributed by atoms with Gasteiger partial charge in [-0.3, -0.25) is 0 Å². The molecule has 0 bridgehead atoms. The van der Waals surface area contributed by atoms with Crippen LogP contribution in [0.4, 0.5) is 0 Å². The van der Waals surface area contributed by atoms with Crippen LogP contribution < -0.4 is 10.5 Å². The van der Waals surface area contributed by atoms with Gasteiger partial charge in [0, 0.05) is 4.88 Å². The van der Waals surface area contributed by atoms with Crippen molar-refractivity contribution in [3.63, 3.8) is 0 Å². The van der Waals surface area contributed by atoms with E-state index in [2.05, 4.69) is 18.8 Å². The first kappa shape index (κ1) is 12.7. The van der Waals surface area contributed by atoms with E-state index in [9.17, 15) is 0 Å². The van der Waals surface area contributed by atoms with E-state index in [1.807, 2.05) is 36.4 Å². The molecule has 2 aromatic rings. The molecule has 0 aliphatic rings. The van der Waals surface area contributed by atoms with Crippen LogP contribution in [0.2, 0.25) is 0 Å². The van der Waals surface area contributed by atoms with Crippen molar-refractivity contribution in [1.29, 1.82) is 0 Å². The van der Waals surface area contributed by atoms with Crippen molar-refractivity contribution in [2.75, 3.05) is 6.54 Å². The summed E-state index contributed by atoms with van der Waals surface area (Å²) in [6.45, 7) is 3.04. The standard InChI is InChI=1S/C15H15NOS/c1-12-4-6-13(7-5-12)17-11-15-9-8-14(18-15)3-2-10-16/h4-9H,10-11,16H2,1H3. The van der Waals surface area contributed by atoms with Gasteiger partial charge in [-0.2, -0.15) is 0 Å². The normalized spacial score (nSPS) is 9.67. The van der Waals surface area contributed by atoms with Gasteiger partial charge in [-0.15, -0.1) is 11.3 Å². The van der Waals surface area contributed by atoms with Crippen molar-refractivity contribution in [1.82, 2.24) is 0 Å². The van der Waals surface area contributed by atoms with E-state index in [0.29, 0.717) is 13.2 Å². The van der Waals surface area contributed by atoms with Crippen molar-refractivity contribution in [2.45, 2.75) is 13.5 Å². The van der Waals surface area contributed by atoms with Gasteiger partial charge >= 0.3 is 0 Å². The van der Waals surface area contributed by atoms with Crippen LogP contribution in [0.15, 0.2) is 36.4 Å². The Morgan fingerprint density at radius 2 is 1.94 bits per heavy atom. The lowest BCUT2D eigenvalue weighted by Gasteiger charge is -2.04. The predicted molar refractivity (Wildman–Crippen MR) is 75.8 cm³/mol. The zero-order chi connectivity index (χ0) is 12.8. The number of nitrogens with two attached hydrogens (primary N) is 1.